The van der Waals surface area contributed by atoms with Crippen LogP contribution in [-0.4, -0.2) is 22.6 Å². The van der Waals surface area contributed by atoms with Crippen molar-refractivity contribution in [1.82, 2.24) is 0 Å². The van der Waals surface area contributed by atoms with Crippen LogP contribution in [0, 0.1) is 13.8 Å². The summed E-state index contributed by atoms with van der Waals surface area (Å²) in [7, 11) is 0. The largest absolute Gasteiger partial charge is 0.457 e. The molecule has 0 spiro atoms. The van der Waals surface area contributed by atoms with Crippen LogP contribution >= 0.6 is 0 Å². The number of hydrogen-bond donors (Lipinski definition) is 0. The minimum Gasteiger partial charge on any atom is -0.457 e. The van der Waals surface area contributed by atoms with Crippen LogP contribution in [0.4, 0.5) is 0 Å². The molecule has 0 aliphatic rings. The van der Waals surface area contributed by atoms with E-state index in [9.17, 15) is 9.59 Å². The summed E-state index contributed by atoms with van der Waals surface area (Å²) in [5, 5.41) is 0. The summed E-state index contributed by atoms with van der Waals surface area (Å²) in [5.41, 5.74) is 8.39. The van der Waals surface area contributed by atoms with Gasteiger partial charge in [0.25, 0.3) is 0 Å². The zero-order chi connectivity index (χ0) is 10.7. The van der Waals surface area contributed by atoms with Crippen LogP contribution in [0.25, 0.3) is 5.53 Å². The van der Waals surface area contributed by atoms with E-state index in [1.165, 1.54) is 0 Å². The minimum atomic E-state index is -0.715. The Bertz CT molecular complexity index is 439. The van der Waals surface area contributed by atoms with Crippen molar-refractivity contribution < 1.29 is 18.8 Å². The number of aryl methyl sites for hydroxylation is 2. The summed E-state index contributed by atoms with van der Waals surface area (Å²) in [6.07, 6.45) is 0.180. The van der Waals surface area contributed by atoms with Gasteiger partial charge in [0, 0.05) is 0 Å². The highest BCUT2D eigenvalue weighted by Gasteiger charge is 2.26. The summed E-state index contributed by atoms with van der Waals surface area (Å²) in [4.78, 5) is 24.3. The van der Waals surface area contributed by atoms with E-state index >= 15 is 0 Å². The second kappa shape index (κ2) is 3.81. The Morgan fingerprint density at radius 1 is 1.57 bits per heavy atom. The van der Waals surface area contributed by atoms with Gasteiger partial charge in [-0.2, -0.15) is 4.79 Å². The van der Waals surface area contributed by atoms with Crippen molar-refractivity contribution in [2.24, 2.45) is 0 Å². The maximum Gasteiger partial charge on any atom is 0.405 e. The van der Waals surface area contributed by atoms with Crippen molar-refractivity contribution in [3.8, 4) is 0 Å². The first kappa shape index (κ1) is 10.1. The molecule has 1 rings (SSSR count). The predicted molar refractivity (Wildman–Crippen MR) is 47.2 cm³/mol. The third-order valence-corrected chi connectivity index (χ3v) is 1.70. The first-order valence-electron chi connectivity index (χ1n) is 3.89. The van der Waals surface area contributed by atoms with Crippen LogP contribution in [0.3, 0.4) is 0 Å². The van der Waals surface area contributed by atoms with E-state index in [-0.39, 0.29) is 12.0 Å². The fourth-order valence-electron chi connectivity index (χ4n) is 1.11. The number of rotatable bonds is 3. The van der Waals surface area contributed by atoms with Gasteiger partial charge in [-0.25, -0.2) is 0 Å². The van der Waals surface area contributed by atoms with Gasteiger partial charge in [0.2, 0.25) is 6.29 Å². The van der Waals surface area contributed by atoms with Gasteiger partial charge in [0.1, 0.15) is 5.76 Å². The number of carbonyl (C=O) groups excluding carboxylic acids is 2. The Balaban J connectivity index is 3.18. The van der Waals surface area contributed by atoms with E-state index in [4.69, 9.17) is 9.95 Å². The molecular formula is C9H8N2O3. The van der Waals surface area contributed by atoms with Gasteiger partial charge in [-0.3, -0.25) is 9.59 Å². The summed E-state index contributed by atoms with van der Waals surface area (Å²) < 4.78 is 5.06. The first-order chi connectivity index (χ1) is 6.60. The average Bonchev–Trinajstić information content (AvgIpc) is 2.47. The molecule has 14 heavy (non-hydrogen) atoms. The van der Waals surface area contributed by atoms with Crippen molar-refractivity contribution in [3.63, 3.8) is 0 Å². The summed E-state index contributed by atoms with van der Waals surface area (Å²) in [6, 6.07) is 1.66. The highest BCUT2D eigenvalue weighted by molar-refractivity contribution is 6.61. The Hall–Kier alpha value is -2.00. The molecule has 5 nitrogen and oxygen atoms in total. The maximum absolute atomic E-state index is 11.4. The topological polar surface area (TPSA) is 83.7 Å². The molecule has 0 aliphatic heterocycles. The number of Topliss-reactive ketones (excluding diaryl/α,β-unsaturated/α-hetero) is 1. The lowest BCUT2D eigenvalue weighted by Gasteiger charge is -1.88. The molecule has 1 aromatic heterocycles. The quantitative estimate of drug-likeness (QED) is 0.178. The number of hydrogen-bond acceptors (Lipinski definition) is 3. The van der Waals surface area contributed by atoms with Crippen LogP contribution in [0.15, 0.2) is 10.5 Å². The van der Waals surface area contributed by atoms with E-state index in [0.29, 0.717) is 11.3 Å². The second-order valence-electron chi connectivity index (χ2n) is 2.80. The number of nitrogens with zero attached hydrogens (tertiary/aromatic N) is 2. The third-order valence-electron chi connectivity index (χ3n) is 1.70. The SMILES string of the molecule is Cc1cc(C)c(C(=O)C(C=O)=[N+]=[N-])o1. The van der Waals surface area contributed by atoms with Gasteiger partial charge in [-0.15, -0.1) is 0 Å². The molecule has 1 heterocycles. The smallest absolute Gasteiger partial charge is 0.405 e. The molecule has 0 saturated carbocycles. The standard InChI is InChI=1S/C9H8N2O3/c1-5-3-6(2)14-9(5)8(13)7(4-12)11-10/h3-4H,1-2H3. The van der Waals surface area contributed by atoms with E-state index in [1.807, 2.05) is 0 Å². The molecule has 5 heteroatoms. The molecule has 0 atom stereocenters. The Morgan fingerprint density at radius 2 is 2.21 bits per heavy atom. The molecule has 0 fully saturated rings. The lowest BCUT2D eigenvalue weighted by molar-refractivity contribution is -0.106. The molecule has 1 aromatic rings. The van der Waals surface area contributed by atoms with Crippen LogP contribution in [0.2, 0.25) is 0 Å². The van der Waals surface area contributed by atoms with E-state index in [2.05, 4.69) is 4.79 Å². The highest BCUT2D eigenvalue weighted by Crippen LogP contribution is 2.14. The lowest BCUT2D eigenvalue weighted by atomic mass is 10.1. The molecule has 0 radical (unpaired) electrons. The number of ketones is 1. The van der Waals surface area contributed by atoms with Crippen LogP contribution in [0.5, 0.6) is 0 Å². The van der Waals surface area contributed by atoms with Crippen molar-refractivity contribution >= 4 is 17.8 Å². The highest BCUT2D eigenvalue weighted by atomic mass is 16.3. The zero-order valence-corrected chi connectivity index (χ0v) is 7.77. The van der Waals surface area contributed by atoms with Crippen LogP contribution in [0.1, 0.15) is 21.9 Å². The van der Waals surface area contributed by atoms with E-state index in [1.54, 1.807) is 19.9 Å². The first-order valence-corrected chi connectivity index (χ1v) is 3.89. The van der Waals surface area contributed by atoms with Crippen molar-refractivity contribution in [2.75, 3.05) is 0 Å². The molecule has 0 unspecified atom stereocenters. The van der Waals surface area contributed by atoms with Crippen LogP contribution < -0.4 is 0 Å². The monoisotopic (exact) mass is 192 g/mol. The predicted octanol–water partition coefficient (Wildman–Crippen LogP) is 0.949. The molecule has 0 amide bonds. The van der Waals surface area contributed by atoms with E-state index < -0.39 is 11.5 Å². The van der Waals surface area contributed by atoms with Gasteiger partial charge in [0.05, 0.1) is 0 Å². The summed E-state index contributed by atoms with van der Waals surface area (Å²) in [6.45, 7) is 3.35. The number of furan rings is 1. The third kappa shape index (κ3) is 1.67. The number of aldehydes is 1. The normalized spacial score (nSPS) is 9.29. The van der Waals surface area contributed by atoms with Gasteiger partial charge < -0.3 is 9.95 Å². The second-order valence-corrected chi connectivity index (χ2v) is 2.80. The minimum absolute atomic E-state index is 0.0300. The van der Waals surface area contributed by atoms with Crippen molar-refractivity contribution in [3.05, 3.63) is 28.7 Å². The van der Waals surface area contributed by atoms with E-state index in [0.717, 1.165) is 0 Å². The fourth-order valence-corrected chi connectivity index (χ4v) is 1.11. The molecular weight excluding hydrogens is 184 g/mol. The van der Waals surface area contributed by atoms with Gasteiger partial charge >= 0.3 is 11.5 Å². The summed E-state index contributed by atoms with van der Waals surface area (Å²) >= 11 is 0. The Labute approximate surface area is 80.0 Å². The molecule has 72 valence electrons. The average molecular weight is 192 g/mol. The Kier molecular flexibility index (Phi) is 2.74. The molecule has 0 bridgehead atoms. The number of carbonyl (C=O) groups is 2. The lowest BCUT2D eigenvalue weighted by Crippen LogP contribution is -2.16. The molecule has 0 N–H and O–H groups in total. The van der Waals surface area contributed by atoms with Crippen molar-refractivity contribution in [2.45, 2.75) is 13.8 Å². The maximum atomic E-state index is 11.4. The Morgan fingerprint density at radius 3 is 2.57 bits per heavy atom. The zero-order valence-electron chi connectivity index (χ0n) is 7.77. The van der Waals surface area contributed by atoms with Crippen LogP contribution in [-0.2, 0) is 4.79 Å². The summed E-state index contributed by atoms with van der Waals surface area (Å²) in [5.74, 6) is -0.121. The molecule has 0 saturated heterocycles. The molecule has 0 aromatic carbocycles. The van der Waals surface area contributed by atoms with Gasteiger partial charge in [-0.05, 0) is 25.5 Å². The fraction of sp³-hybridized carbons (Fsp3) is 0.222. The molecule has 0 aliphatic carbocycles. The van der Waals surface area contributed by atoms with Gasteiger partial charge in [0.15, 0.2) is 5.76 Å². The van der Waals surface area contributed by atoms with Gasteiger partial charge in [-0.1, -0.05) is 0 Å². The van der Waals surface area contributed by atoms with Crippen molar-refractivity contribution in [1.29, 1.82) is 0 Å².